The van der Waals surface area contributed by atoms with Crippen molar-refractivity contribution in [3.8, 4) is 0 Å². The van der Waals surface area contributed by atoms with Crippen LogP contribution in [0.3, 0.4) is 0 Å². The van der Waals surface area contributed by atoms with E-state index in [2.05, 4.69) is 26.6 Å². The Hall–Kier alpha value is -2.22. The number of halogens is 3. The van der Waals surface area contributed by atoms with E-state index in [1.807, 2.05) is 0 Å². The van der Waals surface area contributed by atoms with E-state index >= 15 is 0 Å². The molecule has 2 aromatic rings. The van der Waals surface area contributed by atoms with Gasteiger partial charge in [0.25, 0.3) is 5.91 Å². The van der Waals surface area contributed by atoms with Gasteiger partial charge in [0.2, 0.25) is 5.91 Å². The van der Waals surface area contributed by atoms with Crippen molar-refractivity contribution in [1.29, 1.82) is 0 Å². The summed E-state index contributed by atoms with van der Waals surface area (Å²) in [6, 6.07) is 5.45. The molecule has 2 rings (SSSR count). The lowest BCUT2D eigenvalue weighted by Crippen LogP contribution is -2.38. The molecule has 1 heterocycles. The first kappa shape index (κ1) is 17.1. The van der Waals surface area contributed by atoms with E-state index in [0.29, 0.717) is 4.67 Å². The van der Waals surface area contributed by atoms with Gasteiger partial charge < -0.3 is 15.1 Å². The first-order valence-corrected chi connectivity index (χ1v) is 7.44. The number of carbonyl (C=O) groups excluding carboxylic acids is 2. The predicted molar refractivity (Wildman–Crippen MR) is 81.7 cm³/mol. The zero-order valence-corrected chi connectivity index (χ0v) is 13.6. The van der Waals surface area contributed by atoms with Gasteiger partial charge in [-0.3, -0.25) is 9.59 Å². The normalized spacial score (nSPS) is 11.8. The molecule has 0 fully saturated rings. The van der Waals surface area contributed by atoms with Crippen molar-refractivity contribution in [2.24, 2.45) is 0 Å². The summed E-state index contributed by atoms with van der Waals surface area (Å²) in [6.45, 7) is 1.25. The van der Waals surface area contributed by atoms with Gasteiger partial charge >= 0.3 is 0 Å². The molecule has 23 heavy (non-hydrogen) atoms. The minimum absolute atomic E-state index is 0.0577. The van der Waals surface area contributed by atoms with E-state index in [9.17, 15) is 18.4 Å². The molecule has 0 bridgehead atoms. The summed E-state index contributed by atoms with van der Waals surface area (Å²) < 4.78 is 31.9. The summed E-state index contributed by atoms with van der Waals surface area (Å²) in [5, 5.41) is 4.89. The molecule has 1 aromatic carbocycles. The molecule has 0 spiro atoms. The maximum Gasteiger partial charge on any atom is 0.287 e. The lowest BCUT2D eigenvalue weighted by atomic mass is 10.1. The summed E-state index contributed by atoms with van der Waals surface area (Å²) in [6.07, 6.45) is 0. The Morgan fingerprint density at radius 3 is 2.61 bits per heavy atom. The van der Waals surface area contributed by atoms with Crippen LogP contribution in [0.25, 0.3) is 0 Å². The van der Waals surface area contributed by atoms with Gasteiger partial charge in [-0.15, -0.1) is 0 Å². The SMILES string of the molecule is C[C@@H](NC(=O)CNC(=O)c1ccc(Br)o1)c1ccc(F)cc1F. The highest BCUT2D eigenvalue weighted by Gasteiger charge is 2.16. The molecular weight excluding hydrogens is 374 g/mol. The van der Waals surface area contributed by atoms with Crippen molar-refractivity contribution in [2.75, 3.05) is 6.54 Å². The topological polar surface area (TPSA) is 71.3 Å². The summed E-state index contributed by atoms with van der Waals surface area (Å²) in [7, 11) is 0. The molecule has 0 unspecified atom stereocenters. The van der Waals surface area contributed by atoms with E-state index in [1.54, 1.807) is 13.0 Å². The van der Waals surface area contributed by atoms with Crippen molar-refractivity contribution >= 4 is 27.7 Å². The van der Waals surface area contributed by atoms with Crippen LogP contribution < -0.4 is 10.6 Å². The molecule has 0 saturated carbocycles. The first-order valence-electron chi connectivity index (χ1n) is 6.64. The number of hydrogen-bond acceptors (Lipinski definition) is 3. The van der Waals surface area contributed by atoms with E-state index in [1.165, 1.54) is 12.1 Å². The lowest BCUT2D eigenvalue weighted by molar-refractivity contribution is -0.120. The van der Waals surface area contributed by atoms with Gasteiger partial charge in [0.05, 0.1) is 12.6 Å². The molecule has 0 radical (unpaired) electrons. The van der Waals surface area contributed by atoms with E-state index in [0.717, 1.165) is 12.1 Å². The number of hydrogen-bond donors (Lipinski definition) is 2. The second-order valence-corrected chi connectivity index (χ2v) is 5.52. The first-order chi connectivity index (χ1) is 10.9. The summed E-state index contributed by atoms with van der Waals surface area (Å²) in [5.41, 5.74) is 0.154. The Labute approximate surface area is 139 Å². The molecule has 0 saturated heterocycles. The molecule has 8 heteroatoms. The van der Waals surface area contributed by atoms with Crippen LogP contribution in [0.2, 0.25) is 0 Å². The molecule has 0 aliphatic rings. The molecule has 122 valence electrons. The average molecular weight is 387 g/mol. The van der Waals surface area contributed by atoms with Crippen LogP contribution >= 0.6 is 15.9 Å². The van der Waals surface area contributed by atoms with Crippen LogP contribution in [0.5, 0.6) is 0 Å². The fraction of sp³-hybridized carbons (Fsp3) is 0.200. The minimum Gasteiger partial charge on any atom is -0.444 e. The Kier molecular flexibility index (Phi) is 5.49. The molecule has 1 atom stereocenters. The molecule has 0 aliphatic carbocycles. The predicted octanol–water partition coefficient (Wildman–Crippen LogP) is 2.93. The van der Waals surface area contributed by atoms with Gasteiger partial charge in [-0.05, 0) is 41.1 Å². The zero-order valence-electron chi connectivity index (χ0n) is 12.0. The minimum atomic E-state index is -0.748. The van der Waals surface area contributed by atoms with Crippen LogP contribution in [0.4, 0.5) is 8.78 Å². The van der Waals surface area contributed by atoms with E-state index in [4.69, 9.17) is 4.42 Å². The molecule has 0 aliphatic heterocycles. The molecular formula is C15H13BrF2N2O3. The van der Waals surface area contributed by atoms with Crippen molar-refractivity contribution in [3.05, 3.63) is 58.0 Å². The van der Waals surface area contributed by atoms with Crippen LogP contribution in [0.15, 0.2) is 39.4 Å². The van der Waals surface area contributed by atoms with Crippen molar-refractivity contribution < 1.29 is 22.8 Å². The molecule has 2 amide bonds. The highest BCUT2D eigenvalue weighted by molar-refractivity contribution is 9.10. The maximum atomic E-state index is 13.6. The second kappa shape index (κ2) is 7.36. The second-order valence-electron chi connectivity index (χ2n) is 4.74. The third kappa shape index (κ3) is 4.62. The van der Waals surface area contributed by atoms with Crippen LogP contribution in [-0.2, 0) is 4.79 Å². The van der Waals surface area contributed by atoms with Crippen LogP contribution in [-0.4, -0.2) is 18.4 Å². The average Bonchev–Trinajstić information content (AvgIpc) is 2.91. The summed E-state index contributed by atoms with van der Waals surface area (Å²) in [4.78, 5) is 23.5. The van der Waals surface area contributed by atoms with Crippen molar-refractivity contribution in [1.82, 2.24) is 10.6 Å². The third-order valence-electron chi connectivity index (χ3n) is 3.01. The Balaban J connectivity index is 1.88. The Morgan fingerprint density at radius 2 is 2.00 bits per heavy atom. The fourth-order valence-corrected chi connectivity index (χ4v) is 2.21. The monoisotopic (exact) mass is 386 g/mol. The quantitative estimate of drug-likeness (QED) is 0.829. The maximum absolute atomic E-state index is 13.6. The van der Waals surface area contributed by atoms with Gasteiger partial charge in [0.1, 0.15) is 11.6 Å². The molecule has 2 N–H and O–H groups in total. The highest BCUT2D eigenvalue weighted by atomic mass is 79.9. The van der Waals surface area contributed by atoms with E-state index < -0.39 is 29.5 Å². The van der Waals surface area contributed by atoms with Gasteiger partial charge in [0.15, 0.2) is 10.4 Å². The van der Waals surface area contributed by atoms with E-state index in [-0.39, 0.29) is 17.9 Å². The smallest absolute Gasteiger partial charge is 0.287 e. The largest absolute Gasteiger partial charge is 0.444 e. The zero-order chi connectivity index (χ0) is 17.0. The lowest BCUT2D eigenvalue weighted by Gasteiger charge is -2.15. The summed E-state index contributed by atoms with van der Waals surface area (Å²) in [5.74, 6) is -2.45. The number of nitrogens with one attached hydrogen (secondary N) is 2. The highest BCUT2D eigenvalue weighted by Crippen LogP contribution is 2.17. The number of rotatable bonds is 5. The van der Waals surface area contributed by atoms with Crippen LogP contribution in [0.1, 0.15) is 29.1 Å². The van der Waals surface area contributed by atoms with Crippen molar-refractivity contribution in [3.63, 3.8) is 0 Å². The standard InChI is InChI=1S/C15H13BrF2N2O3/c1-8(10-3-2-9(17)6-11(10)18)20-14(21)7-19-15(22)12-4-5-13(16)23-12/h2-6,8H,7H2,1H3,(H,19,22)(H,20,21)/t8-/m1/s1. The Morgan fingerprint density at radius 1 is 1.26 bits per heavy atom. The fourth-order valence-electron chi connectivity index (χ4n) is 1.91. The Bertz CT molecular complexity index is 733. The van der Waals surface area contributed by atoms with Gasteiger partial charge in [-0.2, -0.15) is 0 Å². The van der Waals surface area contributed by atoms with Gasteiger partial charge in [0, 0.05) is 11.6 Å². The van der Waals surface area contributed by atoms with Crippen molar-refractivity contribution in [2.45, 2.75) is 13.0 Å². The third-order valence-corrected chi connectivity index (χ3v) is 3.44. The number of furan rings is 1. The van der Waals surface area contributed by atoms with Gasteiger partial charge in [-0.1, -0.05) is 6.07 Å². The molecule has 5 nitrogen and oxygen atoms in total. The summed E-state index contributed by atoms with van der Waals surface area (Å²) >= 11 is 3.06. The number of carbonyl (C=O) groups is 2. The number of benzene rings is 1. The van der Waals surface area contributed by atoms with Gasteiger partial charge in [-0.25, -0.2) is 8.78 Å². The van der Waals surface area contributed by atoms with Crippen LogP contribution in [0, 0.1) is 11.6 Å². The molecule has 1 aromatic heterocycles. The number of amides is 2.